The Morgan fingerprint density at radius 3 is 2.29 bits per heavy atom. The molecule has 0 fully saturated rings. The number of aromatic nitrogens is 1. The van der Waals surface area contributed by atoms with E-state index in [2.05, 4.69) is 96.4 Å². The molecule has 0 radical (unpaired) electrons. The van der Waals surface area contributed by atoms with E-state index >= 15 is 0 Å². The van der Waals surface area contributed by atoms with Crippen molar-refractivity contribution in [3.63, 3.8) is 0 Å². The Hall–Kier alpha value is -3.52. The Kier molecular flexibility index (Phi) is 3.18. The van der Waals surface area contributed by atoms with E-state index in [0.717, 1.165) is 23.3 Å². The van der Waals surface area contributed by atoms with Crippen LogP contribution in [0.15, 0.2) is 89.3 Å². The Balaban J connectivity index is 1.80. The van der Waals surface area contributed by atoms with Gasteiger partial charge in [0.15, 0.2) is 0 Å². The van der Waals surface area contributed by atoms with E-state index in [1.807, 2.05) is 0 Å². The fourth-order valence-electron chi connectivity index (χ4n) is 4.36. The molecular weight excluding hydrogens is 342 g/mol. The Bertz CT molecular complexity index is 1490. The standard InChI is InChI=1S/C26H19NO/c1-2-17-12-13-25-21(14-17)22-15-20-19-10-6-7-11-23(19)27(18-8-4-3-5-9-18)24(20)16-26(22)28-25/h3-16H,2H2,1H3. The average Bonchev–Trinajstić information content (AvgIpc) is 3.27. The topological polar surface area (TPSA) is 18.1 Å². The van der Waals surface area contributed by atoms with Crippen molar-refractivity contribution < 1.29 is 4.42 Å². The highest BCUT2D eigenvalue weighted by Gasteiger charge is 2.16. The lowest BCUT2D eigenvalue weighted by Crippen LogP contribution is -1.92. The van der Waals surface area contributed by atoms with Gasteiger partial charge >= 0.3 is 0 Å². The van der Waals surface area contributed by atoms with Crippen LogP contribution in [0.25, 0.3) is 49.4 Å². The molecule has 0 amide bonds. The van der Waals surface area contributed by atoms with Crippen molar-refractivity contribution in [2.45, 2.75) is 13.3 Å². The number of aryl methyl sites for hydroxylation is 1. The lowest BCUT2D eigenvalue weighted by atomic mass is 10.1. The number of furan rings is 1. The first-order valence-electron chi connectivity index (χ1n) is 9.77. The largest absolute Gasteiger partial charge is 0.456 e. The van der Waals surface area contributed by atoms with E-state index in [0.29, 0.717) is 0 Å². The number of fused-ring (bicyclic) bond motifs is 6. The van der Waals surface area contributed by atoms with Gasteiger partial charge in [-0.1, -0.05) is 49.4 Å². The van der Waals surface area contributed by atoms with Crippen molar-refractivity contribution in [3.05, 3.63) is 90.5 Å². The lowest BCUT2D eigenvalue weighted by molar-refractivity contribution is 0.669. The zero-order valence-corrected chi connectivity index (χ0v) is 15.6. The Morgan fingerprint density at radius 2 is 1.43 bits per heavy atom. The van der Waals surface area contributed by atoms with Gasteiger partial charge in [-0.05, 0) is 48.4 Å². The molecule has 0 saturated heterocycles. The molecule has 0 bridgehead atoms. The van der Waals surface area contributed by atoms with Gasteiger partial charge in [0.25, 0.3) is 0 Å². The predicted octanol–water partition coefficient (Wildman–Crippen LogP) is 7.25. The van der Waals surface area contributed by atoms with Crippen LogP contribution in [-0.2, 0) is 6.42 Å². The van der Waals surface area contributed by atoms with Gasteiger partial charge in [0.2, 0.25) is 0 Å². The molecule has 6 rings (SSSR count). The minimum Gasteiger partial charge on any atom is -0.456 e. The van der Waals surface area contributed by atoms with E-state index in [9.17, 15) is 0 Å². The van der Waals surface area contributed by atoms with Gasteiger partial charge in [-0.2, -0.15) is 0 Å². The highest BCUT2D eigenvalue weighted by molar-refractivity contribution is 6.17. The van der Waals surface area contributed by atoms with Gasteiger partial charge in [-0.25, -0.2) is 0 Å². The van der Waals surface area contributed by atoms with Crippen molar-refractivity contribution >= 4 is 43.7 Å². The van der Waals surface area contributed by atoms with Crippen LogP contribution in [0, 0.1) is 0 Å². The summed E-state index contributed by atoms with van der Waals surface area (Å²) in [5.74, 6) is 0. The molecule has 28 heavy (non-hydrogen) atoms. The summed E-state index contributed by atoms with van der Waals surface area (Å²) >= 11 is 0. The number of hydrogen-bond donors (Lipinski definition) is 0. The normalized spacial score (nSPS) is 11.9. The maximum atomic E-state index is 6.23. The SMILES string of the molecule is CCc1ccc2oc3cc4c(cc3c2c1)c1ccccc1n4-c1ccccc1. The second-order valence-corrected chi connectivity index (χ2v) is 7.34. The summed E-state index contributed by atoms with van der Waals surface area (Å²) in [6.07, 6.45) is 1.03. The zero-order valence-electron chi connectivity index (χ0n) is 15.6. The van der Waals surface area contributed by atoms with Gasteiger partial charge in [0.1, 0.15) is 11.2 Å². The molecule has 0 spiro atoms. The quantitative estimate of drug-likeness (QED) is 0.318. The van der Waals surface area contributed by atoms with Gasteiger partial charge < -0.3 is 8.98 Å². The molecule has 2 heterocycles. The van der Waals surface area contributed by atoms with Crippen LogP contribution in [0.4, 0.5) is 0 Å². The molecule has 2 aromatic heterocycles. The first-order chi connectivity index (χ1) is 13.8. The molecule has 0 aliphatic rings. The van der Waals surface area contributed by atoms with Crippen LogP contribution < -0.4 is 0 Å². The maximum Gasteiger partial charge on any atom is 0.137 e. The third-order valence-electron chi connectivity index (χ3n) is 5.75. The highest BCUT2D eigenvalue weighted by atomic mass is 16.3. The monoisotopic (exact) mass is 361 g/mol. The molecule has 0 aliphatic carbocycles. The molecular formula is C26H19NO. The molecule has 2 heteroatoms. The van der Waals surface area contributed by atoms with Crippen molar-refractivity contribution in [1.82, 2.24) is 4.57 Å². The van der Waals surface area contributed by atoms with E-state index in [4.69, 9.17) is 4.42 Å². The number of benzene rings is 4. The second-order valence-electron chi connectivity index (χ2n) is 7.34. The van der Waals surface area contributed by atoms with Gasteiger partial charge in [0.05, 0.1) is 11.0 Å². The van der Waals surface area contributed by atoms with Gasteiger partial charge in [0, 0.05) is 33.3 Å². The maximum absolute atomic E-state index is 6.23. The first-order valence-corrected chi connectivity index (χ1v) is 9.77. The van der Waals surface area contributed by atoms with Crippen molar-refractivity contribution in [1.29, 1.82) is 0 Å². The molecule has 4 aromatic carbocycles. The van der Waals surface area contributed by atoms with Crippen molar-refractivity contribution in [2.24, 2.45) is 0 Å². The summed E-state index contributed by atoms with van der Waals surface area (Å²) < 4.78 is 8.56. The summed E-state index contributed by atoms with van der Waals surface area (Å²) in [4.78, 5) is 0. The number of rotatable bonds is 2. The zero-order chi connectivity index (χ0) is 18.7. The fraction of sp³-hybridized carbons (Fsp3) is 0.0769. The van der Waals surface area contributed by atoms with E-state index in [1.165, 1.54) is 38.1 Å². The molecule has 0 atom stereocenters. The molecule has 0 aliphatic heterocycles. The smallest absolute Gasteiger partial charge is 0.137 e. The minimum atomic E-state index is 0.941. The average molecular weight is 361 g/mol. The molecule has 0 saturated carbocycles. The molecule has 2 nitrogen and oxygen atoms in total. The number of para-hydroxylation sites is 2. The molecule has 6 aromatic rings. The third-order valence-corrected chi connectivity index (χ3v) is 5.75. The van der Waals surface area contributed by atoms with Crippen molar-refractivity contribution in [3.8, 4) is 5.69 Å². The Morgan fingerprint density at radius 1 is 0.643 bits per heavy atom. The number of hydrogen-bond acceptors (Lipinski definition) is 1. The van der Waals surface area contributed by atoms with E-state index in [1.54, 1.807) is 0 Å². The highest BCUT2D eigenvalue weighted by Crippen LogP contribution is 2.38. The third kappa shape index (κ3) is 2.09. The molecule has 134 valence electrons. The Labute approximate surface area is 162 Å². The summed E-state index contributed by atoms with van der Waals surface area (Å²) in [6, 6.07) is 30.2. The summed E-state index contributed by atoms with van der Waals surface area (Å²) in [5.41, 5.74) is 6.79. The van der Waals surface area contributed by atoms with Crippen LogP contribution in [-0.4, -0.2) is 4.57 Å². The van der Waals surface area contributed by atoms with Crippen LogP contribution in [0.3, 0.4) is 0 Å². The molecule has 0 unspecified atom stereocenters. The summed E-state index contributed by atoms with van der Waals surface area (Å²) in [5, 5.41) is 4.92. The summed E-state index contributed by atoms with van der Waals surface area (Å²) in [6.45, 7) is 2.19. The first kappa shape index (κ1) is 15.5. The van der Waals surface area contributed by atoms with E-state index < -0.39 is 0 Å². The minimum absolute atomic E-state index is 0.941. The van der Waals surface area contributed by atoms with E-state index in [-0.39, 0.29) is 0 Å². The van der Waals surface area contributed by atoms with Crippen LogP contribution in [0.5, 0.6) is 0 Å². The van der Waals surface area contributed by atoms with Gasteiger partial charge in [-0.3, -0.25) is 0 Å². The van der Waals surface area contributed by atoms with Crippen LogP contribution >= 0.6 is 0 Å². The van der Waals surface area contributed by atoms with Crippen LogP contribution in [0.1, 0.15) is 12.5 Å². The predicted molar refractivity (Wildman–Crippen MR) is 117 cm³/mol. The summed E-state index contributed by atoms with van der Waals surface area (Å²) in [7, 11) is 0. The number of nitrogens with zero attached hydrogens (tertiary/aromatic N) is 1. The van der Waals surface area contributed by atoms with Gasteiger partial charge in [-0.15, -0.1) is 0 Å². The second kappa shape index (κ2) is 5.74. The molecule has 0 N–H and O–H groups in total. The van der Waals surface area contributed by atoms with Crippen LogP contribution in [0.2, 0.25) is 0 Å². The fourth-order valence-corrected chi connectivity index (χ4v) is 4.36. The lowest BCUT2D eigenvalue weighted by Gasteiger charge is -2.07. The van der Waals surface area contributed by atoms with Crippen molar-refractivity contribution in [2.75, 3.05) is 0 Å².